The van der Waals surface area contributed by atoms with E-state index in [1.807, 2.05) is 44.4 Å². The zero-order valence-electron chi connectivity index (χ0n) is 22.7. The van der Waals surface area contributed by atoms with Gasteiger partial charge in [-0.1, -0.05) is 58.5 Å². The van der Waals surface area contributed by atoms with Crippen molar-refractivity contribution in [3.8, 4) is 0 Å². The van der Waals surface area contributed by atoms with Gasteiger partial charge in [0.15, 0.2) is 5.79 Å². The number of carbonyl (C=O) groups is 1. The van der Waals surface area contributed by atoms with E-state index in [0.29, 0.717) is 51.9 Å². The number of Topliss-reactive ketones (excluding diaryl/α,β-unsaturated/α-hetero) is 1. The molecule has 0 unspecified atom stereocenters. The first kappa shape index (κ1) is 31.1. The summed E-state index contributed by atoms with van der Waals surface area (Å²) in [5, 5.41) is 8.96. The molecule has 2 aliphatic carbocycles. The molecule has 3 aliphatic rings. The molecule has 2 aromatic carbocycles. The number of carbonyl (C=O) groups excluding carboxylic acids is 1. The molecule has 1 aliphatic heterocycles. The van der Waals surface area contributed by atoms with Gasteiger partial charge in [0.1, 0.15) is 5.78 Å². The summed E-state index contributed by atoms with van der Waals surface area (Å²) in [4.78, 5) is 11.4. The van der Waals surface area contributed by atoms with Crippen LogP contribution in [-0.4, -0.2) is 52.0 Å². The molecular formula is C30H38Cl4N2O3. The van der Waals surface area contributed by atoms with Crippen LogP contribution in [-0.2, 0) is 25.1 Å². The third-order valence-electron chi connectivity index (χ3n) is 8.64. The van der Waals surface area contributed by atoms with Crippen molar-refractivity contribution in [1.82, 2.24) is 10.6 Å². The molecule has 1 heterocycles. The van der Waals surface area contributed by atoms with Gasteiger partial charge >= 0.3 is 0 Å². The number of ether oxygens (including phenoxy) is 2. The lowest BCUT2D eigenvalue weighted by atomic mass is 9.67. The highest BCUT2D eigenvalue weighted by atomic mass is 35.5. The maximum absolute atomic E-state index is 11.4. The van der Waals surface area contributed by atoms with Gasteiger partial charge in [-0.15, -0.1) is 0 Å². The van der Waals surface area contributed by atoms with Crippen LogP contribution in [0.5, 0.6) is 0 Å². The second-order valence-electron chi connectivity index (χ2n) is 11.0. The van der Waals surface area contributed by atoms with E-state index in [9.17, 15) is 4.79 Å². The molecule has 1 spiro atoms. The van der Waals surface area contributed by atoms with Crippen molar-refractivity contribution in [3.63, 3.8) is 0 Å². The number of likely N-dealkylation sites (N-methyl/N-ethyl adjacent to an activating group) is 2. The van der Waals surface area contributed by atoms with Gasteiger partial charge in [0.25, 0.3) is 0 Å². The van der Waals surface area contributed by atoms with E-state index >= 15 is 0 Å². The molecule has 1 saturated heterocycles. The molecule has 2 aromatic rings. The molecule has 214 valence electrons. The Labute approximate surface area is 252 Å². The lowest BCUT2D eigenvalue weighted by Crippen LogP contribution is -2.46. The zero-order chi connectivity index (χ0) is 28.1. The van der Waals surface area contributed by atoms with Crippen molar-refractivity contribution in [2.45, 2.75) is 68.0 Å². The molecule has 5 nitrogen and oxygen atoms in total. The van der Waals surface area contributed by atoms with E-state index in [2.05, 4.69) is 16.7 Å². The fourth-order valence-corrected chi connectivity index (χ4v) is 6.96. The van der Waals surface area contributed by atoms with Crippen LogP contribution < -0.4 is 10.6 Å². The molecule has 39 heavy (non-hydrogen) atoms. The summed E-state index contributed by atoms with van der Waals surface area (Å²) in [6.07, 6.45) is 6.96. The molecule has 9 heteroatoms. The molecule has 2 N–H and O–H groups in total. The molecule has 5 rings (SSSR count). The van der Waals surface area contributed by atoms with E-state index in [4.69, 9.17) is 55.9 Å². The summed E-state index contributed by atoms with van der Waals surface area (Å²) in [5.41, 5.74) is 2.51. The predicted octanol–water partition coefficient (Wildman–Crippen LogP) is 7.36. The number of ketones is 1. The van der Waals surface area contributed by atoms with Crippen LogP contribution in [0.1, 0.15) is 62.5 Å². The SMILES string of the molecule is CNCC1(c2ccc(Cl)c(Cl)c2)CCC(=O)CC1.CNCC1(c2ccc(Cl)c(Cl)c2)CCC2(CC1)OCCO2. The van der Waals surface area contributed by atoms with Crippen LogP contribution in [0.3, 0.4) is 0 Å². The second-order valence-corrected chi connectivity index (χ2v) is 12.7. The largest absolute Gasteiger partial charge is 0.348 e. The van der Waals surface area contributed by atoms with E-state index in [1.54, 1.807) is 0 Å². The first-order chi connectivity index (χ1) is 18.7. The van der Waals surface area contributed by atoms with Gasteiger partial charge in [-0.05, 0) is 75.2 Å². The zero-order valence-corrected chi connectivity index (χ0v) is 25.7. The highest BCUT2D eigenvalue weighted by Gasteiger charge is 2.46. The van der Waals surface area contributed by atoms with Crippen molar-refractivity contribution >= 4 is 52.2 Å². The third kappa shape index (κ3) is 7.13. The van der Waals surface area contributed by atoms with Gasteiger partial charge in [-0.3, -0.25) is 4.79 Å². The number of rotatable bonds is 6. The summed E-state index contributed by atoms with van der Waals surface area (Å²) in [7, 11) is 3.93. The Hall–Kier alpha value is -0.890. The van der Waals surface area contributed by atoms with Crippen molar-refractivity contribution in [1.29, 1.82) is 0 Å². The molecular weight excluding hydrogens is 578 g/mol. The van der Waals surface area contributed by atoms with Crippen LogP contribution in [0.2, 0.25) is 20.1 Å². The number of halogens is 4. The molecule has 3 fully saturated rings. The summed E-state index contributed by atoms with van der Waals surface area (Å²) in [5.74, 6) is 0.0229. The lowest BCUT2D eigenvalue weighted by molar-refractivity contribution is -0.185. The van der Waals surface area contributed by atoms with Crippen molar-refractivity contribution in [3.05, 3.63) is 67.6 Å². The van der Waals surface area contributed by atoms with Crippen molar-refractivity contribution < 1.29 is 14.3 Å². The van der Waals surface area contributed by atoms with Crippen LogP contribution in [0.15, 0.2) is 36.4 Å². The van der Waals surface area contributed by atoms with Crippen LogP contribution in [0.25, 0.3) is 0 Å². The standard InChI is InChI=1S/C16H21Cl2NO2.C14H17Cl2NO/c1-19-11-15(12-2-3-13(17)14(18)10-12)4-6-16(7-5-15)20-8-9-21-16;1-17-9-14(6-4-11(18)5-7-14)10-2-3-12(15)13(16)8-10/h2-3,10,19H,4-9,11H2,1H3;2-3,8,17H,4-7,9H2,1H3. The molecule has 2 saturated carbocycles. The molecule has 0 radical (unpaired) electrons. The molecule has 0 atom stereocenters. The summed E-state index contributed by atoms with van der Waals surface area (Å²) < 4.78 is 11.7. The second kappa shape index (κ2) is 13.4. The third-order valence-corrected chi connectivity index (χ3v) is 10.1. The lowest BCUT2D eigenvalue weighted by Gasteiger charge is -2.44. The number of nitrogens with one attached hydrogen (secondary N) is 2. The maximum atomic E-state index is 11.4. The van der Waals surface area contributed by atoms with Crippen molar-refractivity contribution in [2.75, 3.05) is 40.4 Å². The highest BCUT2D eigenvalue weighted by molar-refractivity contribution is 6.42. The van der Waals surface area contributed by atoms with Gasteiger partial charge in [0.05, 0.1) is 33.3 Å². The van der Waals surface area contributed by atoms with Crippen LogP contribution in [0, 0.1) is 0 Å². The Morgan fingerprint density at radius 1 is 0.667 bits per heavy atom. The van der Waals surface area contributed by atoms with E-state index < -0.39 is 0 Å². The summed E-state index contributed by atoms with van der Waals surface area (Å²) >= 11 is 24.3. The minimum absolute atomic E-state index is 0.0108. The van der Waals surface area contributed by atoms with Crippen molar-refractivity contribution in [2.24, 2.45) is 0 Å². The number of benzene rings is 2. The fraction of sp³-hybridized carbons (Fsp3) is 0.567. The Morgan fingerprint density at radius 3 is 1.51 bits per heavy atom. The minimum Gasteiger partial charge on any atom is -0.348 e. The Bertz CT molecular complexity index is 1130. The number of hydrogen-bond donors (Lipinski definition) is 2. The fourth-order valence-electron chi connectivity index (χ4n) is 6.37. The van der Waals surface area contributed by atoms with E-state index in [1.165, 1.54) is 11.1 Å². The monoisotopic (exact) mass is 614 g/mol. The Balaban J connectivity index is 0.000000183. The van der Waals surface area contributed by atoms with Gasteiger partial charge in [-0.2, -0.15) is 0 Å². The molecule has 0 bridgehead atoms. The van der Waals surface area contributed by atoms with Gasteiger partial charge in [0.2, 0.25) is 0 Å². The van der Waals surface area contributed by atoms with Crippen LogP contribution in [0.4, 0.5) is 0 Å². The first-order valence-corrected chi connectivity index (χ1v) is 15.2. The Kier molecular flexibility index (Phi) is 10.7. The van der Waals surface area contributed by atoms with Gasteiger partial charge in [0, 0.05) is 49.6 Å². The quantitative estimate of drug-likeness (QED) is 0.355. The maximum Gasteiger partial charge on any atom is 0.168 e. The minimum atomic E-state index is -0.340. The van der Waals surface area contributed by atoms with E-state index in [-0.39, 0.29) is 16.6 Å². The first-order valence-electron chi connectivity index (χ1n) is 13.7. The topological polar surface area (TPSA) is 59.6 Å². The molecule has 0 aromatic heterocycles. The van der Waals surface area contributed by atoms with Crippen LogP contribution >= 0.6 is 46.4 Å². The predicted molar refractivity (Wildman–Crippen MR) is 161 cm³/mol. The highest BCUT2D eigenvalue weighted by Crippen LogP contribution is 2.47. The average Bonchev–Trinajstić information content (AvgIpc) is 3.39. The van der Waals surface area contributed by atoms with Gasteiger partial charge in [-0.25, -0.2) is 0 Å². The average molecular weight is 616 g/mol. The van der Waals surface area contributed by atoms with E-state index in [0.717, 1.165) is 51.6 Å². The van der Waals surface area contributed by atoms with Gasteiger partial charge < -0.3 is 20.1 Å². The number of hydrogen-bond acceptors (Lipinski definition) is 5. The smallest absolute Gasteiger partial charge is 0.168 e. The molecule has 0 amide bonds. The summed E-state index contributed by atoms with van der Waals surface area (Å²) in [6.45, 7) is 3.21. The Morgan fingerprint density at radius 2 is 1.10 bits per heavy atom. The summed E-state index contributed by atoms with van der Waals surface area (Å²) in [6, 6.07) is 11.8. The normalized spacial score (nSPS) is 21.4.